The zero-order valence-corrected chi connectivity index (χ0v) is 19.2. The monoisotopic (exact) mass is 378 g/mol. The minimum absolute atomic E-state index is 0.0852. The van der Waals surface area contributed by atoms with E-state index in [0.29, 0.717) is 0 Å². The molecule has 27 heavy (non-hydrogen) atoms. The minimum atomic E-state index is -2.32. The van der Waals surface area contributed by atoms with Crippen LogP contribution in [0.4, 0.5) is 0 Å². The largest absolute Gasteiger partial charge is 0.398 e. The summed E-state index contributed by atoms with van der Waals surface area (Å²) in [7, 11) is -2.32. The van der Waals surface area contributed by atoms with Crippen LogP contribution in [0.2, 0.25) is 10.1 Å². The molecule has 0 saturated heterocycles. The van der Waals surface area contributed by atoms with Crippen molar-refractivity contribution in [1.29, 1.82) is 0 Å². The summed E-state index contributed by atoms with van der Waals surface area (Å²) in [4.78, 5) is 0. The molecule has 0 radical (unpaired) electrons. The number of hydrogen-bond acceptors (Lipinski definition) is 1. The maximum absolute atomic E-state index is 7.40. The first-order chi connectivity index (χ1) is 12.5. The molecule has 2 aromatic carbocycles. The molecule has 0 fully saturated rings. The van der Waals surface area contributed by atoms with Gasteiger partial charge in [-0.3, -0.25) is 0 Å². The fraction of sp³-hybridized carbons (Fsp3) is 0.440. The highest BCUT2D eigenvalue weighted by molar-refractivity contribution is 6.87. The number of allylic oxidation sites excluding steroid dienone is 1. The third-order valence-corrected chi connectivity index (χ3v) is 12.5. The smallest absolute Gasteiger partial charge is 0.232 e. The van der Waals surface area contributed by atoms with Crippen LogP contribution >= 0.6 is 0 Å². The van der Waals surface area contributed by atoms with Crippen LogP contribution in [-0.2, 0) is 10.0 Å². The van der Waals surface area contributed by atoms with Crippen molar-refractivity contribution in [3.05, 3.63) is 77.0 Å². The van der Waals surface area contributed by atoms with Gasteiger partial charge in [0.15, 0.2) is 0 Å². The van der Waals surface area contributed by atoms with Crippen LogP contribution in [0.5, 0.6) is 0 Å². The Bertz CT molecular complexity index is 823. The molecule has 144 valence electrons. The standard InChI is InChI=1S/C25H34OSi/c1-19-22(20-15-11-9-12-16-20)25(8,21-17-13-10-14-18-21)26-27(19,23(2,3)4)24(5,6)7/h9-18H,1-8H3/t25-/m1/s1. The van der Waals surface area contributed by atoms with Crippen LogP contribution < -0.4 is 0 Å². The lowest BCUT2D eigenvalue weighted by Crippen LogP contribution is -2.55. The van der Waals surface area contributed by atoms with Crippen molar-refractivity contribution in [1.82, 2.24) is 0 Å². The summed E-state index contributed by atoms with van der Waals surface area (Å²) in [5, 5.41) is 1.66. The molecule has 1 aliphatic heterocycles. The van der Waals surface area contributed by atoms with E-state index in [4.69, 9.17) is 4.43 Å². The van der Waals surface area contributed by atoms with Crippen molar-refractivity contribution in [2.75, 3.05) is 0 Å². The third kappa shape index (κ3) is 2.94. The first-order valence-corrected chi connectivity index (χ1v) is 11.9. The van der Waals surface area contributed by atoms with Gasteiger partial charge < -0.3 is 4.43 Å². The van der Waals surface area contributed by atoms with E-state index in [1.165, 1.54) is 21.9 Å². The van der Waals surface area contributed by atoms with E-state index in [1.807, 2.05) is 0 Å². The van der Waals surface area contributed by atoms with E-state index in [0.717, 1.165) is 0 Å². The Labute approximate surface area is 166 Å². The predicted octanol–water partition coefficient (Wildman–Crippen LogP) is 7.49. The van der Waals surface area contributed by atoms with Crippen LogP contribution in [0.25, 0.3) is 5.57 Å². The molecule has 2 aromatic rings. The number of hydrogen-bond donors (Lipinski definition) is 0. The molecule has 0 N–H and O–H groups in total. The lowest BCUT2D eigenvalue weighted by molar-refractivity contribution is 0.132. The molecule has 0 aliphatic carbocycles. The summed E-state index contributed by atoms with van der Waals surface area (Å²) < 4.78 is 7.40. The minimum Gasteiger partial charge on any atom is -0.398 e. The van der Waals surface area contributed by atoms with Crippen LogP contribution in [0.15, 0.2) is 65.9 Å². The Kier molecular flexibility index (Phi) is 4.81. The summed E-state index contributed by atoms with van der Waals surface area (Å²) >= 11 is 0. The maximum Gasteiger partial charge on any atom is 0.232 e. The van der Waals surface area contributed by atoms with E-state index in [1.54, 1.807) is 0 Å². The highest BCUT2D eigenvalue weighted by atomic mass is 28.4. The normalized spacial score (nSPS) is 23.0. The van der Waals surface area contributed by atoms with Crippen LogP contribution in [0.1, 0.15) is 66.5 Å². The van der Waals surface area contributed by atoms with Gasteiger partial charge in [0.2, 0.25) is 8.32 Å². The van der Waals surface area contributed by atoms with Crippen LogP contribution in [-0.4, -0.2) is 8.32 Å². The van der Waals surface area contributed by atoms with Crippen molar-refractivity contribution in [2.24, 2.45) is 0 Å². The molecule has 0 spiro atoms. The van der Waals surface area contributed by atoms with Gasteiger partial charge >= 0.3 is 0 Å². The van der Waals surface area contributed by atoms with E-state index < -0.39 is 13.9 Å². The molecule has 0 amide bonds. The van der Waals surface area contributed by atoms with Crippen molar-refractivity contribution >= 4 is 13.9 Å². The lowest BCUT2D eigenvalue weighted by Gasteiger charge is -2.50. The zero-order chi connectivity index (χ0) is 20.1. The van der Waals surface area contributed by atoms with Crippen LogP contribution in [0, 0.1) is 0 Å². The van der Waals surface area contributed by atoms with Gasteiger partial charge in [-0.25, -0.2) is 0 Å². The van der Waals surface area contributed by atoms with Gasteiger partial charge in [-0.05, 0) is 45.8 Å². The van der Waals surface area contributed by atoms with Gasteiger partial charge in [0.05, 0.1) is 0 Å². The topological polar surface area (TPSA) is 9.23 Å². The number of benzene rings is 2. The second-order valence-corrected chi connectivity index (χ2v) is 15.4. The van der Waals surface area contributed by atoms with Crippen molar-refractivity contribution in [2.45, 2.75) is 71.1 Å². The molecule has 0 bridgehead atoms. The van der Waals surface area contributed by atoms with Gasteiger partial charge in [-0.1, -0.05) is 102 Å². The summed E-state index contributed by atoms with van der Waals surface area (Å²) in [6.45, 7) is 18.8. The van der Waals surface area contributed by atoms with Crippen molar-refractivity contribution in [3.8, 4) is 0 Å². The molecule has 1 aliphatic rings. The Hall–Kier alpha value is -1.64. The fourth-order valence-electron chi connectivity index (χ4n) is 5.58. The Balaban J connectivity index is 2.39. The zero-order valence-electron chi connectivity index (χ0n) is 18.2. The van der Waals surface area contributed by atoms with Gasteiger partial charge in [0, 0.05) is 0 Å². The van der Waals surface area contributed by atoms with Gasteiger partial charge in [-0.2, -0.15) is 0 Å². The van der Waals surface area contributed by atoms with Gasteiger partial charge in [0.1, 0.15) is 5.60 Å². The summed E-state index contributed by atoms with van der Waals surface area (Å²) in [5.41, 5.74) is 3.46. The molecule has 0 unspecified atom stereocenters. The Morgan fingerprint density at radius 3 is 1.63 bits per heavy atom. The predicted molar refractivity (Wildman–Crippen MR) is 119 cm³/mol. The van der Waals surface area contributed by atoms with E-state index in [-0.39, 0.29) is 10.1 Å². The molecule has 1 heterocycles. The molecule has 3 rings (SSSR count). The highest BCUT2D eigenvalue weighted by Gasteiger charge is 2.64. The quantitative estimate of drug-likeness (QED) is 0.492. The van der Waals surface area contributed by atoms with Crippen molar-refractivity contribution in [3.63, 3.8) is 0 Å². The average molecular weight is 379 g/mol. The van der Waals surface area contributed by atoms with E-state index >= 15 is 0 Å². The maximum atomic E-state index is 7.40. The van der Waals surface area contributed by atoms with Crippen molar-refractivity contribution < 1.29 is 4.43 Å². The first-order valence-electron chi connectivity index (χ1n) is 9.98. The summed E-state index contributed by atoms with van der Waals surface area (Å²) in [6.07, 6.45) is 0. The summed E-state index contributed by atoms with van der Waals surface area (Å²) in [5.74, 6) is 0. The molecule has 2 heteroatoms. The second kappa shape index (κ2) is 6.46. The molecule has 0 aromatic heterocycles. The first kappa shape index (κ1) is 20.1. The van der Waals surface area contributed by atoms with E-state index in [2.05, 4.69) is 116 Å². The molecular weight excluding hydrogens is 344 g/mol. The molecular formula is C25H34OSi. The highest BCUT2D eigenvalue weighted by Crippen LogP contribution is 2.64. The molecule has 1 nitrogen and oxygen atoms in total. The second-order valence-electron chi connectivity index (χ2n) is 10.0. The molecule has 1 atom stereocenters. The lowest BCUT2D eigenvalue weighted by atomic mass is 9.84. The van der Waals surface area contributed by atoms with Gasteiger partial charge in [0.25, 0.3) is 0 Å². The SMILES string of the molecule is CC1=C(c2ccccc2)[C@@](C)(c2ccccc2)O[Si]1(C(C)(C)C)C(C)(C)C. The van der Waals surface area contributed by atoms with Gasteiger partial charge in [-0.15, -0.1) is 0 Å². The summed E-state index contributed by atoms with van der Waals surface area (Å²) in [6, 6.07) is 21.6. The molecule has 0 saturated carbocycles. The van der Waals surface area contributed by atoms with Crippen LogP contribution in [0.3, 0.4) is 0 Å². The average Bonchev–Trinajstić information content (AvgIpc) is 2.86. The third-order valence-electron chi connectivity index (χ3n) is 6.24. The van der Waals surface area contributed by atoms with E-state index in [9.17, 15) is 0 Å². The Morgan fingerprint density at radius 2 is 1.19 bits per heavy atom. The number of rotatable bonds is 2. The Morgan fingerprint density at radius 1 is 0.741 bits per heavy atom. The fourth-order valence-corrected chi connectivity index (χ4v) is 12.4.